The van der Waals surface area contributed by atoms with Crippen LogP contribution in [0.25, 0.3) is 0 Å². The number of aliphatic carboxylic acids is 1. The third-order valence-corrected chi connectivity index (χ3v) is 3.75. The summed E-state index contributed by atoms with van der Waals surface area (Å²) in [5.41, 5.74) is 0.439. The van der Waals surface area contributed by atoms with Crippen LogP contribution in [0.4, 0.5) is 0 Å². The van der Waals surface area contributed by atoms with E-state index < -0.39 is 12.0 Å². The minimum Gasteiger partial charge on any atom is -0.480 e. The molecule has 98 valence electrons. The molecule has 0 aliphatic rings. The number of rotatable bonds is 4. The molecule has 1 aromatic rings. The van der Waals surface area contributed by atoms with Crippen LogP contribution in [0.3, 0.4) is 0 Å². The number of nitrogens with one attached hydrogen (secondary N) is 1. The molecule has 0 unspecified atom stereocenters. The molecule has 2 N–H and O–H groups in total. The van der Waals surface area contributed by atoms with E-state index in [9.17, 15) is 9.59 Å². The van der Waals surface area contributed by atoms with Crippen molar-refractivity contribution in [3.05, 3.63) is 31.8 Å². The van der Waals surface area contributed by atoms with Gasteiger partial charge in [-0.05, 0) is 62.6 Å². The molecule has 0 heterocycles. The van der Waals surface area contributed by atoms with Gasteiger partial charge >= 0.3 is 5.97 Å². The van der Waals surface area contributed by atoms with Crippen molar-refractivity contribution >= 4 is 50.4 Å². The third-order valence-electron chi connectivity index (χ3n) is 2.39. The second-order valence-electron chi connectivity index (χ2n) is 4.16. The Kier molecular flexibility index (Phi) is 5.58. The standard InChI is InChI=1S/C12H13BrINO3/c1-6(2)10(12(17)18)15-11(16)8-5-7(14)3-4-9(8)13/h3-6,10H,1-2H3,(H,15,16)(H,17,18)/t10-/m0/s1. The van der Waals surface area contributed by atoms with Crippen molar-refractivity contribution in [3.63, 3.8) is 0 Å². The van der Waals surface area contributed by atoms with Gasteiger partial charge in [-0.2, -0.15) is 0 Å². The summed E-state index contributed by atoms with van der Waals surface area (Å²) in [6, 6.07) is 4.45. The Hall–Kier alpha value is -0.630. The summed E-state index contributed by atoms with van der Waals surface area (Å²) in [5, 5.41) is 11.6. The van der Waals surface area contributed by atoms with E-state index in [4.69, 9.17) is 5.11 Å². The first-order valence-corrected chi connectivity index (χ1v) is 7.18. The zero-order chi connectivity index (χ0) is 13.9. The molecule has 18 heavy (non-hydrogen) atoms. The SMILES string of the molecule is CC(C)[C@H](NC(=O)c1cc(I)ccc1Br)C(=O)O. The number of halogens is 2. The first kappa shape index (κ1) is 15.4. The number of carboxylic acid groups (broad SMARTS) is 1. The van der Waals surface area contributed by atoms with Crippen LogP contribution in [0.15, 0.2) is 22.7 Å². The summed E-state index contributed by atoms with van der Waals surface area (Å²) in [4.78, 5) is 23.1. The fraction of sp³-hybridized carbons (Fsp3) is 0.333. The van der Waals surface area contributed by atoms with Gasteiger partial charge in [-0.25, -0.2) is 4.79 Å². The molecular weight excluding hydrogens is 413 g/mol. The predicted molar refractivity (Wildman–Crippen MR) is 80.6 cm³/mol. The Balaban J connectivity index is 2.94. The second kappa shape index (κ2) is 6.51. The van der Waals surface area contributed by atoms with Crippen molar-refractivity contribution in [2.24, 2.45) is 5.92 Å². The van der Waals surface area contributed by atoms with Gasteiger partial charge in [0.25, 0.3) is 5.91 Å². The van der Waals surface area contributed by atoms with E-state index >= 15 is 0 Å². The van der Waals surface area contributed by atoms with Crippen LogP contribution in [0.5, 0.6) is 0 Å². The van der Waals surface area contributed by atoms with Crippen molar-refractivity contribution in [1.29, 1.82) is 0 Å². The summed E-state index contributed by atoms with van der Waals surface area (Å²) in [6.07, 6.45) is 0. The van der Waals surface area contributed by atoms with E-state index in [0.717, 1.165) is 3.57 Å². The van der Waals surface area contributed by atoms with Crippen LogP contribution < -0.4 is 5.32 Å². The van der Waals surface area contributed by atoms with Crippen molar-refractivity contribution in [3.8, 4) is 0 Å². The number of carboxylic acids is 1. The van der Waals surface area contributed by atoms with Gasteiger partial charge in [-0.1, -0.05) is 13.8 Å². The van der Waals surface area contributed by atoms with Crippen LogP contribution in [0.1, 0.15) is 24.2 Å². The molecule has 0 radical (unpaired) electrons. The van der Waals surface area contributed by atoms with Crippen molar-refractivity contribution in [1.82, 2.24) is 5.32 Å². The van der Waals surface area contributed by atoms with E-state index in [1.165, 1.54) is 0 Å². The largest absolute Gasteiger partial charge is 0.480 e. The van der Waals surface area contributed by atoms with Crippen LogP contribution in [-0.2, 0) is 4.79 Å². The minimum atomic E-state index is -1.03. The second-order valence-corrected chi connectivity index (χ2v) is 6.26. The van der Waals surface area contributed by atoms with Crippen LogP contribution >= 0.6 is 38.5 Å². The number of hydrogen-bond acceptors (Lipinski definition) is 2. The molecule has 0 saturated heterocycles. The Morgan fingerprint density at radius 2 is 2.00 bits per heavy atom. The highest BCUT2D eigenvalue weighted by Gasteiger charge is 2.24. The molecule has 0 spiro atoms. The van der Waals surface area contributed by atoms with Crippen molar-refractivity contribution < 1.29 is 14.7 Å². The van der Waals surface area contributed by atoms with Crippen molar-refractivity contribution in [2.75, 3.05) is 0 Å². The summed E-state index contributed by atoms with van der Waals surface area (Å²) in [6.45, 7) is 3.51. The Morgan fingerprint density at radius 3 is 2.50 bits per heavy atom. The van der Waals surface area contributed by atoms with Gasteiger partial charge in [0.15, 0.2) is 0 Å². The maximum absolute atomic E-state index is 12.0. The fourth-order valence-corrected chi connectivity index (χ4v) is 2.32. The molecule has 0 aliphatic heterocycles. The third kappa shape index (κ3) is 3.94. The molecule has 1 amide bonds. The van der Waals surface area contributed by atoms with E-state index in [0.29, 0.717) is 10.0 Å². The van der Waals surface area contributed by atoms with Gasteiger partial charge in [0.2, 0.25) is 0 Å². The van der Waals surface area contributed by atoms with E-state index in [1.54, 1.807) is 26.0 Å². The smallest absolute Gasteiger partial charge is 0.326 e. The maximum atomic E-state index is 12.0. The Bertz CT molecular complexity index is 476. The molecule has 0 aliphatic carbocycles. The van der Waals surface area contributed by atoms with Gasteiger partial charge in [0.1, 0.15) is 6.04 Å². The van der Waals surface area contributed by atoms with Gasteiger partial charge < -0.3 is 10.4 Å². The summed E-state index contributed by atoms with van der Waals surface area (Å²) < 4.78 is 1.56. The fourth-order valence-electron chi connectivity index (χ4n) is 1.40. The number of carbonyl (C=O) groups excluding carboxylic acids is 1. The number of carbonyl (C=O) groups is 2. The lowest BCUT2D eigenvalue weighted by Gasteiger charge is -2.18. The molecule has 0 saturated carbocycles. The lowest BCUT2D eigenvalue weighted by Crippen LogP contribution is -2.44. The zero-order valence-electron chi connectivity index (χ0n) is 9.91. The molecule has 1 rings (SSSR count). The van der Waals surface area contributed by atoms with Crippen LogP contribution in [0, 0.1) is 9.49 Å². The number of amides is 1. The average Bonchev–Trinajstić information content (AvgIpc) is 2.28. The van der Waals surface area contributed by atoms with Crippen LogP contribution in [0.2, 0.25) is 0 Å². The van der Waals surface area contributed by atoms with Crippen molar-refractivity contribution in [2.45, 2.75) is 19.9 Å². The normalized spacial score (nSPS) is 12.3. The minimum absolute atomic E-state index is 0.173. The highest BCUT2D eigenvalue weighted by atomic mass is 127. The average molecular weight is 426 g/mol. The zero-order valence-corrected chi connectivity index (χ0v) is 13.6. The number of benzene rings is 1. The first-order valence-electron chi connectivity index (χ1n) is 5.31. The Morgan fingerprint density at radius 1 is 1.39 bits per heavy atom. The van der Waals surface area contributed by atoms with Gasteiger partial charge in [-0.3, -0.25) is 4.79 Å². The van der Waals surface area contributed by atoms with Gasteiger partial charge in [-0.15, -0.1) is 0 Å². The maximum Gasteiger partial charge on any atom is 0.326 e. The van der Waals surface area contributed by atoms with E-state index in [2.05, 4.69) is 43.8 Å². The summed E-state index contributed by atoms with van der Waals surface area (Å²) in [5.74, 6) is -1.59. The summed E-state index contributed by atoms with van der Waals surface area (Å²) >= 11 is 5.38. The first-order chi connectivity index (χ1) is 8.32. The van der Waals surface area contributed by atoms with Gasteiger partial charge in [0, 0.05) is 8.04 Å². The monoisotopic (exact) mass is 425 g/mol. The molecule has 0 aromatic heterocycles. The highest BCUT2D eigenvalue weighted by Crippen LogP contribution is 2.19. The lowest BCUT2D eigenvalue weighted by atomic mass is 10.0. The molecule has 6 heteroatoms. The topological polar surface area (TPSA) is 66.4 Å². The Labute approximate surface area is 127 Å². The molecule has 0 bridgehead atoms. The quantitative estimate of drug-likeness (QED) is 0.729. The van der Waals surface area contributed by atoms with E-state index in [1.807, 2.05) is 6.07 Å². The summed E-state index contributed by atoms with van der Waals surface area (Å²) in [7, 11) is 0. The number of hydrogen-bond donors (Lipinski definition) is 2. The van der Waals surface area contributed by atoms with Crippen LogP contribution in [-0.4, -0.2) is 23.0 Å². The molecule has 1 atom stereocenters. The molecule has 4 nitrogen and oxygen atoms in total. The van der Waals surface area contributed by atoms with E-state index in [-0.39, 0.29) is 11.8 Å². The molecular formula is C12H13BrINO3. The predicted octanol–water partition coefficient (Wildman–Crippen LogP) is 2.89. The van der Waals surface area contributed by atoms with Gasteiger partial charge in [0.05, 0.1) is 5.56 Å². The lowest BCUT2D eigenvalue weighted by molar-refractivity contribution is -0.140. The highest BCUT2D eigenvalue weighted by molar-refractivity contribution is 14.1. The molecule has 0 fully saturated rings. The molecule has 1 aromatic carbocycles.